The van der Waals surface area contributed by atoms with E-state index in [4.69, 9.17) is 5.73 Å². The molecule has 64 valence electrons. The Morgan fingerprint density at radius 1 is 1.45 bits per heavy atom. The van der Waals surface area contributed by atoms with Crippen LogP contribution in [-0.4, -0.2) is 12.6 Å². The molecular formula is C8H16N2O. The summed E-state index contributed by atoms with van der Waals surface area (Å²) in [6.45, 7) is 0.738. The molecule has 0 aromatic carbocycles. The highest BCUT2D eigenvalue weighted by Crippen LogP contribution is 2.31. The average molecular weight is 156 g/mol. The highest BCUT2D eigenvalue weighted by molar-refractivity contribution is 4.82. The van der Waals surface area contributed by atoms with E-state index in [1.165, 1.54) is 12.8 Å². The van der Waals surface area contributed by atoms with Gasteiger partial charge in [0.15, 0.2) is 0 Å². The minimum atomic E-state index is 0.0987. The standard InChI is InChI=1S/C8H16N2O/c9-6-2-4-7-3-1-5-8(7)10-11/h7-8H,1-6,9H2/t7-,8-/m1/s1. The smallest absolute Gasteiger partial charge is 0.0947 e. The van der Waals surface area contributed by atoms with Crippen molar-refractivity contribution < 1.29 is 0 Å². The van der Waals surface area contributed by atoms with Gasteiger partial charge in [-0.05, 0) is 38.1 Å². The van der Waals surface area contributed by atoms with E-state index in [2.05, 4.69) is 5.18 Å². The van der Waals surface area contributed by atoms with Crippen molar-refractivity contribution in [1.82, 2.24) is 0 Å². The summed E-state index contributed by atoms with van der Waals surface area (Å²) in [4.78, 5) is 10.3. The van der Waals surface area contributed by atoms with Gasteiger partial charge in [-0.15, -0.1) is 0 Å². The molecule has 11 heavy (non-hydrogen) atoms. The van der Waals surface area contributed by atoms with Crippen LogP contribution in [-0.2, 0) is 0 Å². The third-order valence-corrected chi connectivity index (χ3v) is 2.53. The molecule has 3 nitrogen and oxygen atoms in total. The van der Waals surface area contributed by atoms with Crippen LogP contribution in [0.25, 0.3) is 0 Å². The van der Waals surface area contributed by atoms with E-state index in [1.807, 2.05) is 0 Å². The van der Waals surface area contributed by atoms with Gasteiger partial charge in [0, 0.05) is 0 Å². The molecule has 1 fully saturated rings. The molecule has 2 N–H and O–H groups in total. The molecule has 0 aromatic rings. The van der Waals surface area contributed by atoms with Gasteiger partial charge in [-0.3, -0.25) is 0 Å². The van der Waals surface area contributed by atoms with Crippen molar-refractivity contribution in [2.24, 2.45) is 16.8 Å². The van der Waals surface area contributed by atoms with Gasteiger partial charge in [0.2, 0.25) is 0 Å². The largest absolute Gasteiger partial charge is 0.330 e. The van der Waals surface area contributed by atoms with Crippen molar-refractivity contribution in [1.29, 1.82) is 0 Å². The quantitative estimate of drug-likeness (QED) is 0.629. The zero-order chi connectivity index (χ0) is 8.10. The second kappa shape index (κ2) is 4.44. The average Bonchev–Trinajstić information content (AvgIpc) is 2.47. The first kappa shape index (κ1) is 8.65. The number of nitrogens with two attached hydrogens (primary N) is 1. The van der Waals surface area contributed by atoms with Crippen molar-refractivity contribution in [2.75, 3.05) is 6.54 Å². The van der Waals surface area contributed by atoms with E-state index in [1.54, 1.807) is 0 Å². The molecule has 3 heteroatoms. The lowest BCUT2D eigenvalue weighted by molar-refractivity contribution is 0.436. The molecule has 0 spiro atoms. The predicted octanol–water partition coefficient (Wildman–Crippen LogP) is 1.66. The molecule has 0 bridgehead atoms. The number of nitrogens with zero attached hydrogens (tertiary/aromatic N) is 1. The van der Waals surface area contributed by atoms with E-state index >= 15 is 0 Å². The molecule has 0 heterocycles. The fourth-order valence-corrected chi connectivity index (χ4v) is 1.87. The summed E-state index contributed by atoms with van der Waals surface area (Å²) in [5.41, 5.74) is 5.38. The molecule has 0 aliphatic heterocycles. The van der Waals surface area contributed by atoms with Crippen LogP contribution in [0.1, 0.15) is 32.1 Å². The summed E-state index contributed by atoms with van der Waals surface area (Å²) >= 11 is 0. The molecule has 0 saturated heterocycles. The molecule has 0 radical (unpaired) electrons. The summed E-state index contributed by atoms with van der Waals surface area (Å²) in [7, 11) is 0. The minimum Gasteiger partial charge on any atom is -0.330 e. The highest BCUT2D eigenvalue weighted by Gasteiger charge is 2.27. The Bertz CT molecular complexity index is 127. The molecule has 1 aliphatic rings. The van der Waals surface area contributed by atoms with Crippen molar-refractivity contribution in [2.45, 2.75) is 38.1 Å². The normalized spacial score (nSPS) is 30.6. The maximum atomic E-state index is 10.3. The number of hydrogen-bond acceptors (Lipinski definition) is 3. The summed E-state index contributed by atoms with van der Waals surface area (Å²) in [6.07, 6.45) is 5.48. The van der Waals surface area contributed by atoms with Crippen LogP contribution in [0.3, 0.4) is 0 Å². The number of hydrogen-bond donors (Lipinski definition) is 1. The SMILES string of the molecule is NCCC[C@H]1CCC[C@H]1N=O. The first-order valence-electron chi connectivity index (χ1n) is 4.41. The Labute approximate surface area is 67.3 Å². The van der Waals surface area contributed by atoms with Gasteiger partial charge >= 0.3 is 0 Å². The summed E-state index contributed by atoms with van der Waals surface area (Å²) in [5, 5.41) is 3.13. The van der Waals surface area contributed by atoms with Gasteiger partial charge in [0.05, 0.1) is 6.04 Å². The van der Waals surface area contributed by atoms with Crippen LogP contribution in [0, 0.1) is 10.8 Å². The van der Waals surface area contributed by atoms with E-state index in [0.717, 1.165) is 25.8 Å². The van der Waals surface area contributed by atoms with Crippen LogP contribution >= 0.6 is 0 Å². The fraction of sp³-hybridized carbons (Fsp3) is 1.00. The number of nitroso groups, excluding NO2 is 1. The Balaban J connectivity index is 2.25. The van der Waals surface area contributed by atoms with E-state index in [-0.39, 0.29) is 6.04 Å². The van der Waals surface area contributed by atoms with Crippen LogP contribution in [0.5, 0.6) is 0 Å². The Morgan fingerprint density at radius 2 is 2.27 bits per heavy atom. The number of rotatable bonds is 4. The highest BCUT2D eigenvalue weighted by atomic mass is 16.3. The van der Waals surface area contributed by atoms with Crippen molar-refractivity contribution >= 4 is 0 Å². The topological polar surface area (TPSA) is 55.4 Å². The maximum Gasteiger partial charge on any atom is 0.0947 e. The lowest BCUT2D eigenvalue weighted by atomic mass is 9.98. The van der Waals surface area contributed by atoms with Crippen LogP contribution < -0.4 is 5.73 Å². The molecule has 1 aliphatic carbocycles. The van der Waals surface area contributed by atoms with E-state index in [0.29, 0.717) is 5.92 Å². The molecule has 0 amide bonds. The van der Waals surface area contributed by atoms with Gasteiger partial charge in [-0.1, -0.05) is 11.6 Å². The van der Waals surface area contributed by atoms with Gasteiger partial charge in [0.25, 0.3) is 0 Å². The molecule has 1 saturated carbocycles. The summed E-state index contributed by atoms with van der Waals surface area (Å²) in [6, 6.07) is 0.0987. The molecule has 1 rings (SSSR count). The molecule has 0 aromatic heterocycles. The Kier molecular flexibility index (Phi) is 3.49. The first-order valence-corrected chi connectivity index (χ1v) is 4.41. The zero-order valence-corrected chi connectivity index (χ0v) is 6.83. The van der Waals surface area contributed by atoms with E-state index in [9.17, 15) is 4.91 Å². The lowest BCUT2D eigenvalue weighted by Crippen LogP contribution is -2.12. The third-order valence-electron chi connectivity index (χ3n) is 2.53. The van der Waals surface area contributed by atoms with Crippen LogP contribution in [0.4, 0.5) is 0 Å². The van der Waals surface area contributed by atoms with Gasteiger partial charge in [-0.25, -0.2) is 0 Å². The van der Waals surface area contributed by atoms with Gasteiger partial charge < -0.3 is 5.73 Å². The Morgan fingerprint density at radius 3 is 2.91 bits per heavy atom. The Hall–Kier alpha value is -0.440. The van der Waals surface area contributed by atoms with Gasteiger partial charge in [0.1, 0.15) is 0 Å². The van der Waals surface area contributed by atoms with Crippen molar-refractivity contribution in [3.8, 4) is 0 Å². The zero-order valence-electron chi connectivity index (χ0n) is 6.83. The fourth-order valence-electron chi connectivity index (χ4n) is 1.87. The lowest BCUT2D eigenvalue weighted by Gasteiger charge is -2.11. The van der Waals surface area contributed by atoms with Crippen molar-refractivity contribution in [3.05, 3.63) is 4.91 Å². The first-order chi connectivity index (χ1) is 5.38. The molecular weight excluding hydrogens is 140 g/mol. The maximum absolute atomic E-state index is 10.3. The van der Waals surface area contributed by atoms with Crippen molar-refractivity contribution in [3.63, 3.8) is 0 Å². The molecule has 2 atom stereocenters. The second-order valence-corrected chi connectivity index (χ2v) is 3.29. The summed E-state index contributed by atoms with van der Waals surface area (Å²) < 4.78 is 0. The van der Waals surface area contributed by atoms with Gasteiger partial charge in [-0.2, -0.15) is 4.91 Å². The third kappa shape index (κ3) is 2.26. The van der Waals surface area contributed by atoms with E-state index < -0.39 is 0 Å². The molecule has 0 unspecified atom stereocenters. The van der Waals surface area contributed by atoms with Crippen LogP contribution in [0.2, 0.25) is 0 Å². The predicted molar refractivity (Wildman–Crippen MR) is 45.2 cm³/mol. The minimum absolute atomic E-state index is 0.0987. The summed E-state index contributed by atoms with van der Waals surface area (Å²) in [5.74, 6) is 0.538. The second-order valence-electron chi connectivity index (χ2n) is 3.29. The monoisotopic (exact) mass is 156 g/mol. The van der Waals surface area contributed by atoms with Crippen LogP contribution in [0.15, 0.2) is 5.18 Å².